The molecule has 0 bridgehead atoms. The Morgan fingerprint density at radius 1 is 1.28 bits per heavy atom. The van der Waals surface area contributed by atoms with Gasteiger partial charge in [0.2, 0.25) is 10.0 Å². The minimum absolute atomic E-state index is 0.197. The van der Waals surface area contributed by atoms with Crippen LogP contribution >= 0.6 is 0 Å². The molecule has 0 aromatic rings. The summed E-state index contributed by atoms with van der Waals surface area (Å²) < 4.78 is 24.6. The first kappa shape index (κ1) is 15.9. The van der Waals surface area contributed by atoms with Crippen LogP contribution in [0, 0.1) is 11.8 Å². The molecule has 0 spiro atoms. The van der Waals surface area contributed by atoms with Crippen molar-refractivity contribution in [2.45, 2.75) is 45.6 Å². The van der Waals surface area contributed by atoms with E-state index in [0.29, 0.717) is 12.6 Å². The number of sulfonamides is 1. The van der Waals surface area contributed by atoms with Gasteiger partial charge in [0.05, 0.1) is 5.75 Å². The average Bonchev–Trinajstić information content (AvgIpc) is 2.29. The molecule has 1 N–H and O–H groups in total. The van der Waals surface area contributed by atoms with E-state index >= 15 is 0 Å². The second-order valence-corrected chi connectivity index (χ2v) is 8.22. The second kappa shape index (κ2) is 6.87. The van der Waals surface area contributed by atoms with E-state index in [9.17, 15) is 8.42 Å². The minimum atomic E-state index is -3.06. The van der Waals surface area contributed by atoms with Crippen molar-refractivity contribution in [3.05, 3.63) is 0 Å². The Bertz CT molecular complexity index is 339. The number of nitrogens with zero attached hydrogens (tertiary/aromatic N) is 1. The van der Waals surface area contributed by atoms with Gasteiger partial charge in [-0.1, -0.05) is 26.7 Å². The Balaban J connectivity index is 2.32. The zero-order valence-corrected chi connectivity index (χ0v) is 13.0. The lowest BCUT2D eigenvalue weighted by atomic mass is 9.79. The molecule has 5 heteroatoms. The van der Waals surface area contributed by atoms with Crippen LogP contribution in [0.15, 0.2) is 0 Å². The van der Waals surface area contributed by atoms with Crippen molar-refractivity contribution in [1.29, 1.82) is 0 Å². The molecule has 0 saturated heterocycles. The summed E-state index contributed by atoms with van der Waals surface area (Å²) in [5.74, 6) is 1.73. The van der Waals surface area contributed by atoms with Crippen LogP contribution < -0.4 is 5.32 Å². The van der Waals surface area contributed by atoms with Gasteiger partial charge in [-0.25, -0.2) is 12.7 Å². The average molecular weight is 276 g/mol. The zero-order chi connectivity index (χ0) is 13.8. The molecule has 0 aromatic carbocycles. The quantitative estimate of drug-likeness (QED) is 0.803. The Kier molecular flexibility index (Phi) is 6.08. The topological polar surface area (TPSA) is 49.4 Å². The molecule has 1 saturated carbocycles. The van der Waals surface area contributed by atoms with Crippen molar-refractivity contribution in [1.82, 2.24) is 9.62 Å². The van der Waals surface area contributed by atoms with E-state index in [1.807, 2.05) is 0 Å². The fourth-order valence-electron chi connectivity index (χ4n) is 2.59. The van der Waals surface area contributed by atoms with E-state index in [4.69, 9.17) is 0 Å². The highest BCUT2D eigenvalue weighted by Gasteiger charge is 2.24. The SMILES string of the molecule is CC(C)C1CCCC(NCCS(=O)(=O)N(C)C)C1. The first-order valence-electron chi connectivity index (χ1n) is 6.96. The molecule has 0 aliphatic heterocycles. The molecule has 1 aliphatic rings. The van der Waals surface area contributed by atoms with Gasteiger partial charge in [0.15, 0.2) is 0 Å². The van der Waals surface area contributed by atoms with Crippen LogP contribution in [-0.2, 0) is 10.0 Å². The van der Waals surface area contributed by atoms with Gasteiger partial charge in [-0.3, -0.25) is 0 Å². The molecule has 1 fully saturated rings. The van der Waals surface area contributed by atoms with Crippen molar-refractivity contribution in [3.63, 3.8) is 0 Å². The van der Waals surface area contributed by atoms with E-state index < -0.39 is 10.0 Å². The summed E-state index contributed by atoms with van der Waals surface area (Å²) in [5.41, 5.74) is 0. The van der Waals surface area contributed by atoms with Crippen molar-refractivity contribution in [2.75, 3.05) is 26.4 Å². The molecule has 1 aliphatic carbocycles. The molecule has 0 aromatic heterocycles. The highest BCUT2D eigenvalue weighted by molar-refractivity contribution is 7.89. The maximum absolute atomic E-state index is 11.6. The van der Waals surface area contributed by atoms with Crippen LogP contribution in [0.5, 0.6) is 0 Å². The highest BCUT2D eigenvalue weighted by atomic mass is 32.2. The predicted molar refractivity (Wildman–Crippen MR) is 76.1 cm³/mol. The third kappa shape index (κ3) is 4.86. The van der Waals surface area contributed by atoms with Crippen molar-refractivity contribution in [2.24, 2.45) is 11.8 Å². The van der Waals surface area contributed by atoms with E-state index in [1.54, 1.807) is 14.1 Å². The first-order chi connectivity index (χ1) is 8.33. The minimum Gasteiger partial charge on any atom is -0.313 e. The van der Waals surface area contributed by atoms with Crippen molar-refractivity contribution < 1.29 is 8.42 Å². The summed E-state index contributed by atoms with van der Waals surface area (Å²) in [6.45, 7) is 5.13. The Morgan fingerprint density at radius 2 is 1.94 bits per heavy atom. The van der Waals surface area contributed by atoms with Gasteiger partial charge < -0.3 is 5.32 Å². The fraction of sp³-hybridized carbons (Fsp3) is 1.00. The lowest BCUT2D eigenvalue weighted by Crippen LogP contribution is -2.39. The number of hydrogen-bond donors (Lipinski definition) is 1. The molecule has 18 heavy (non-hydrogen) atoms. The fourth-order valence-corrected chi connectivity index (χ4v) is 3.33. The second-order valence-electron chi connectivity index (χ2n) is 5.92. The van der Waals surface area contributed by atoms with Gasteiger partial charge in [0, 0.05) is 26.7 Å². The molecule has 4 nitrogen and oxygen atoms in total. The largest absolute Gasteiger partial charge is 0.313 e. The third-order valence-electron chi connectivity index (χ3n) is 4.01. The van der Waals surface area contributed by atoms with Crippen LogP contribution in [0.4, 0.5) is 0 Å². The van der Waals surface area contributed by atoms with Gasteiger partial charge in [0.25, 0.3) is 0 Å². The third-order valence-corrected chi connectivity index (χ3v) is 5.84. The number of hydrogen-bond acceptors (Lipinski definition) is 3. The molecule has 0 radical (unpaired) electrons. The molecular weight excluding hydrogens is 248 g/mol. The molecule has 2 atom stereocenters. The van der Waals surface area contributed by atoms with Gasteiger partial charge in [-0.15, -0.1) is 0 Å². The van der Waals surface area contributed by atoms with Crippen LogP contribution in [0.25, 0.3) is 0 Å². The van der Waals surface area contributed by atoms with Gasteiger partial charge in [0.1, 0.15) is 0 Å². The van der Waals surface area contributed by atoms with Crippen molar-refractivity contribution in [3.8, 4) is 0 Å². The first-order valence-corrected chi connectivity index (χ1v) is 8.57. The summed E-state index contributed by atoms with van der Waals surface area (Å²) in [4.78, 5) is 0. The van der Waals surface area contributed by atoms with Crippen LogP contribution in [-0.4, -0.2) is 45.2 Å². The number of nitrogens with one attached hydrogen (secondary N) is 1. The molecule has 2 unspecified atom stereocenters. The lowest BCUT2D eigenvalue weighted by Gasteiger charge is -2.32. The van der Waals surface area contributed by atoms with Crippen LogP contribution in [0.3, 0.4) is 0 Å². The Morgan fingerprint density at radius 3 is 2.50 bits per heavy atom. The molecule has 0 heterocycles. The summed E-state index contributed by atoms with van der Waals surface area (Å²) in [6.07, 6.45) is 4.97. The van der Waals surface area contributed by atoms with Crippen LogP contribution in [0.1, 0.15) is 39.5 Å². The van der Waals surface area contributed by atoms with Crippen LogP contribution in [0.2, 0.25) is 0 Å². The summed E-state index contributed by atoms with van der Waals surface area (Å²) >= 11 is 0. The molecule has 0 amide bonds. The standard InChI is InChI=1S/C13H28N2O2S/c1-11(2)12-6-5-7-13(10-12)14-8-9-18(16,17)15(3)4/h11-14H,5-10H2,1-4H3. The smallest absolute Gasteiger partial charge is 0.214 e. The molecule has 108 valence electrons. The summed E-state index contributed by atoms with van der Waals surface area (Å²) in [7, 11) is 0.118. The zero-order valence-electron chi connectivity index (χ0n) is 12.1. The van der Waals surface area contributed by atoms with Gasteiger partial charge in [-0.05, 0) is 24.7 Å². The van der Waals surface area contributed by atoms with E-state index in [-0.39, 0.29) is 5.75 Å². The number of rotatable bonds is 6. The maximum Gasteiger partial charge on any atom is 0.214 e. The highest BCUT2D eigenvalue weighted by Crippen LogP contribution is 2.29. The van der Waals surface area contributed by atoms with E-state index in [2.05, 4.69) is 19.2 Å². The summed E-state index contributed by atoms with van der Waals surface area (Å²) in [5, 5.41) is 3.41. The maximum atomic E-state index is 11.6. The predicted octanol–water partition coefficient (Wildman–Crippen LogP) is 1.68. The van der Waals surface area contributed by atoms with Gasteiger partial charge >= 0.3 is 0 Å². The monoisotopic (exact) mass is 276 g/mol. The normalized spacial score (nSPS) is 25.9. The van der Waals surface area contributed by atoms with Crippen molar-refractivity contribution >= 4 is 10.0 Å². The lowest BCUT2D eigenvalue weighted by molar-refractivity contribution is 0.233. The summed E-state index contributed by atoms with van der Waals surface area (Å²) in [6, 6.07) is 0.503. The molecule has 1 rings (SSSR count). The van der Waals surface area contributed by atoms with Gasteiger partial charge in [-0.2, -0.15) is 0 Å². The Hall–Kier alpha value is -0.130. The molecular formula is C13H28N2O2S. The Labute approximate surface area is 112 Å². The van der Waals surface area contributed by atoms with E-state index in [1.165, 1.54) is 30.0 Å². The van der Waals surface area contributed by atoms with E-state index in [0.717, 1.165) is 11.8 Å².